The lowest BCUT2D eigenvalue weighted by molar-refractivity contribution is -0.136. The van der Waals surface area contributed by atoms with Crippen molar-refractivity contribution in [1.29, 1.82) is 0 Å². The van der Waals surface area contributed by atoms with E-state index in [1.807, 2.05) is 17.2 Å². The van der Waals surface area contributed by atoms with Crippen molar-refractivity contribution in [2.24, 2.45) is 0 Å². The molecule has 0 spiro atoms. The Labute approximate surface area is 149 Å². The second-order valence-corrected chi connectivity index (χ2v) is 7.41. The van der Waals surface area contributed by atoms with Crippen LogP contribution in [-0.2, 0) is 9.59 Å². The van der Waals surface area contributed by atoms with Crippen LogP contribution in [0.1, 0.15) is 44.1 Å². The van der Waals surface area contributed by atoms with E-state index in [1.54, 1.807) is 11.8 Å². The van der Waals surface area contributed by atoms with Gasteiger partial charge in [0.05, 0.1) is 0 Å². The number of nitrogens with zero attached hydrogens (tertiary/aromatic N) is 1. The van der Waals surface area contributed by atoms with Gasteiger partial charge in [-0.3, -0.25) is 9.59 Å². The monoisotopic (exact) mass is 348 g/mol. The Kier molecular flexibility index (Phi) is 7.63. The summed E-state index contributed by atoms with van der Waals surface area (Å²) in [7, 11) is 0. The van der Waals surface area contributed by atoms with Gasteiger partial charge in [0.25, 0.3) is 0 Å². The van der Waals surface area contributed by atoms with Crippen molar-refractivity contribution in [3.63, 3.8) is 0 Å². The summed E-state index contributed by atoms with van der Waals surface area (Å²) in [5, 5.41) is 2.84. The lowest BCUT2D eigenvalue weighted by Crippen LogP contribution is -2.49. The zero-order valence-corrected chi connectivity index (χ0v) is 15.5. The molecule has 0 aromatic heterocycles. The summed E-state index contributed by atoms with van der Waals surface area (Å²) < 4.78 is 0. The van der Waals surface area contributed by atoms with Crippen LogP contribution in [0, 0.1) is 0 Å². The number of benzene rings is 1. The van der Waals surface area contributed by atoms with Gasteiger partial charge in [-0.25, -0.2) is 0 Å². The molecular weight excluding hydrogens is 320 g/mol. The maximum Gasteiger partial charge on any atom is 0.245 e. The average Bonchev–Trinajstić information content (AvgIpc) is 2.84. The fourth-order valence-electron chi connectivity index (χ4n) is 3.30. The quantitative estimate of drug-likeness (QED) is 0.860. The van der Waals surface area contributed by atoms with E-state index in [0.717, 1.165) is 38.1 Å². The number of thioether (sulfide) groups is 1. The molecule has 0 saturated carbocycles. The van der Waals surface area contributed by atoms with Gasteiger partial charge in [0, 0.05) is 25.9 Å². The maximum atomic E-state index is 13.0. The van der Waals surface area contributed by atoms with Gasteiger partial charge >= 0.3 is 0 Å². The van der Waals surface area contributed by atoms with Gasteiger partial charge in [-0.15, -0.1) is 0 Å². The Morgan fingerprint density at radius 3 is 2.71 bits per heavy atom. The number of nitrogens with one attached hydrogen (secondary N) is 1. The van der Waals surface area contributed by atoms with Crippen molar-refractivity contribution in [3.05, 3.63) is 35.9 Å². The maximum absolute atomic E-state index is 13.0. The SMILES string of the molecule is CSCC[C@H](NC(C)=O)C(=O)N1CCCC[C@H](c2ccccc2)C1. The Morgan fingerprint density at radius 2 is 2.04 bits per heavy atom. The zero-order chi connectivity index (χ0) is 17.4. The second kappa shape index (κ2) is 9.72. The highest BCUT2D eigenvalue weighted by Gasteiger charge is 2.28. The minimum absolute atomic E-state index is 0.0714. The molecule has 24 heavy (non-hydrogen) atoms. The summed E-state index contributed by atoms with van der Waals surface area (Å²) in [6, 6.07) is 10.0. The molecule has 1 fully saturated rings. The fraction of sp³-hybridized carbons (Fsp3) is 0.579. The lowest BCUT2D eigenvalue weighted by Gasteiger charge is -2.29. The first-order valence-electron chi connectivity index (χ1n) is 8.71. The lowest BCUT2D eigenvalue weighted by atomic mass is 9.94. The highest BCUT2D eigenvalue weighted by molar-refractivity contribution is 7.98. The van der Waals surface area contributed by atoms with Crippen LogP contribution in [0.15, 0.2) is 30.3 Å². The molecular formula is C19H28N2O2S. The van der Waals surface area contributed by atoms with E-state index >= 15 is 0 Å². The number of carbonyl (C=O) groups is 2. The van der Waals surface area contributed by atoms with Crippen molar-refractivity contribution < 1.29 is 9.59 Å². The predicted molar refractivity (Wildman–Crippen MR) is 100 cm³/mol. The summed E-state index contributed by atoms with van der Waals surface area (Å²) >= 11 is 1.70. The predicted octanol–water partition coefficient (Wildman–Crippen LogP) is 3.04. The smallest absolute Gasteiger partial charge is 0.245 e. The largest absolute Gasteiger partial charge is 0.345 e. The summed E-state index contributed by atoms with van der Waals surface area (Å²) in [6.07, 6.45) is 5.99. The third-order valence-electron chi connectivity index (χ3n) is 4.54. The zero-order valence-electron chi connectivity index (χ0n) is 14.7. The van der Waals surface area contributed by atoms with Crippen molar-refractivity contribution in [3.8, 4) is 0 Å². The summed E-state index contributed by atoms with van der Waals surface area (Å²) in [5.74, 6) is 1.19. The van der Waals surface area contributed by atoms with Crippen LogP contribution in [0.5, 0.6) is 0 Å². The molecule has 5 heteroatoms. The van der Waals surface area contributed by atoms with Crippen LogP contribution < -0.4 is 5.32 Å². The number of carbonyl (C=O) groups excluding carboxylic acids is 2. The number of hydrogen-bond acceptors (Lipinski definition) is 3. The first-order valence-corrected chi connectivity index (χ1v) is 10.1. The Morgan fingerprint density at radius 1 is 1.29 bits per heavy atom. The molecule has 1 saturated heterocycles. The first-order chi connectivity index (χ1) is 11.6. The van der Waals surface area contributed by atoms with Crippen molar-refractivity contribution in [1.82, 2.24) is 10.2 Å². The molecule has 2 rings (SSSR count). The molecule has 1 aromatic rings. The minimum Gasteiger partial charge on any atom is -0.345 e. The first kappa shape index (κ1) is 18.8. The third-order valence-corrected chi connectivity index (χ3v) is 5.18. The molecule has 1 aliphatic heterocycles. The van der Waals surface area contributed by atoms with Crippen LogP contribution in [0.25, 0.3) is 0 Å². The molecule has 1 aliphatic rings. The van der Waals surface area contributed by atoms with Gasteiger partial charge in [-0.2, -0.15) is 11.8 Å². The fourth-order valence-corrected chi connectivity index (χ4v) is 3.77. The molecule has 4 nitrogen and oxygen atoms in total. The van der Waals surface area contributed by atoms with E-state index in [1.165, 1.54) is 12.5 Å². The summed E-state index contributed by atoms with van der Waals surface area (Å²) in [4.78, 5) is 26.4. The van der Waals surface area contributed by atoms with Crippen LogP contribution in [0.2, 0.25) is 0 Å². The van der Waals surface area contributed by atoms with E-state index < -0.39 is 6.04 Å². The molecule has 0 radical (unpaired) electrons. The highest BCUT2D eigenvalue weighted by atomic mass is 32.2. The van der Waals surface area contributed by atoms with Crippen LogP contribution in [-0.4, -0.2) is 47.9 Å². The van der Waals surface area contributed by atoms with Crippen molar-refractivity contribution in [2.75, 3.05) is 25.1 Å². The molecule has 0 unspecified atom stereocenters. The molecule has 1 aromatic carbocycles. The minimum atomic E-state index is -0.399. The van der Waals surface area contributed by atoms with E-state index in [0.29, 0.717) is 12.3 Å². The van der Waals surface area contributed by atoms with Gasteiger partial charge in [-0.1, -0.05) is 36.8 Å². The van der Waals surface area contributed by atoms with Gasteiger partial charge in [-0.05, 0) is 36.8 Å². The molecule has 2 atom stereocenters. The molecule has 2 amide bonds. The van der Waals surface area contributed by atoms with Gasteiger partial charge < -0.3 is 10.2 Å². The van der Waals surface area contributed by atoms with Gasteiger partial charge in [0.2, 0.25) is 11.8 Å². The molecule has 0 aliphatic carbocycles. The van der Waals surface area contributed by atoms with Crippen molar-refractivity contribution in [2.45, 2.75) is 44.6 Å². The van der Waals surface area contributed by atoms with Gasteiger partial charge in [0.1, 0.15) is 6.04 Å². The second-order valence-electron chi connectivity index (χ2n) is 6.42. The Bertz CT molecular complexity index is 535. The topological polar surface area (TPSA) is 49.4 Å². The van der Waals surface area contributed by atoms with Gasteiger partial charge in [0.15, 0.2) is 0 Å². The number of amides is 2. The molecule has 132 valence electrons. The number of likely N-dealkylation sites (tertiary alicyclic amines) is 1. The normalized spacial score (nSPS) is 19.4. The van der Waals surface area contributed by atoms with E-state index in [9.17, 15) is 9.59 Å². The molecule has 1 heterocycles. The molecule has 0 bridgehead atoms. The standard InChI is InChI=1S/C19H28N2O2S/c1-15(22)20-18(11-13-24-2)19(23)21-12-7-6-10-17(14-21)16-8-4-3-5-9-16/h3-5,8-9,17-18H,6-7,10-14H2,1-2H3,(H,20,22)/t17-,18-/m0/s1. The summed E-state index contributed by atoms with van der Waals surface area (Å²) in [5.41, 5.74) is 1.30. The van der Waals surface area contributed by atoms with E-state index in [4.69, 9.17) is 0 Å². The Balaban J connectivity index is 2.08. The van der Waals surface area contributed by atoms with Crippen molar-refractivity contribution >= 4 is 23.6 Å². The van der Waals surface area contributed by atoms with Crippen LogP contribution in [0.3, 0.4) is 0 Å². The number of rotatable bonds is 6. The van der Waals surface area contributed by atoms with Crippen LogP contribution in [0.4, 0.5) is 0 Å². The number of hydrogen-bond donors (Lipinski definition) is 1. The van der Waals surface area contributed by atoms with Crippen LogP contribution >= 0.6 is 11.8 Å². The third kappa shape index (κ3) is 5.55. The Hall–Kier alpha value is -1.49. The van der Waals surface area contributed by atoms with E-state index in [2.05, 4.69) is 29.6 Å². The highest BCUT2D eigenvalue weighted by Crippen LogP contribution is 2.26. The van der Waals surface area contributed by atoms with E-state index in [-0.39, 0.29) is 11.8 Å². The summed E-state index contributed by atoms with van der Waals surface area (Å²) in [6.45, 7) is 3.02. The average molecular weight is 349 g/mol. The molecule has 1 N–H and O–H groups in total.